The van der Waals surface area contributed by atoms with Gasteiger partial charge in [-0.25, -0.2) is 0 Å². The number of likely N-dealkylation sites (N-methyl/N-ethyl adjacent to an activating group) is 2. The highest BCUT2D eigenvalue weighted by Gasteiger charge is 2.43. The lowest BCUT2D eigenvalue weighted by atomic mass is 9.97. The molecule has 0 bridgehead atoms. The molecule has 0 spiro atoms. The fourth-order valence-corrected chi connectivity index (χ4v) is 10.5. The van der Waals surface area contributed by atoms with Crippen LogP contribution in [0.1, 0.15) is 105 Å². The lowest BCUT2D eigenvalue weighted by Gasteiger charge is -2.33. The summed E-state index contributed by atoms with van der Waals surface area (Å²) in [6.45, 7) is 16.8. The van der Waals surface area contributed by atoms with Gasteiger partial charge in [0.05, 0.1) is 17.1 Å². The van der Waals surface area contributed by atoms with Gasteiger partial charge in [0.25, 0.3) is 0 Å². The zero-order valence-electron chi connectivity index (χ0n) is 49.4. The van der Waals surface area contributed by atoms with Crippen molar-refractivity contribution >= 4 is 63.8 Å². The second kappa shape index (κ2) is 28.2. The van der Waals surface area contributed by atoms with E-state index < -0.39 is 124 Å². The molecule has 3 heterocycles. The molecular weight excluding hydrogens is 1060 g/mol. The number of aromatic hydroxyl groups is 1. The standard InChI is InChI=1S/C61H82N10O12/c1-12-13-22-43-54(74)67-46(31-41-33-70(61(8,9)52-34-83-52)47-23-18-17-21-42(41)47)60(80)69(11)49(27-36(4)5)57(77)66-45(29-40-24-25-51(72)48(30-40)71(81)82)55(75)63-38(7)59(79)68(10)50(58(78)65-44(26-35(2)3)56(76)64-43)28-37(6)53(73)62-32-39-19-15-14-16-20-39/h12-21,23-25,30,33,35-38,43-46,49-50,52,72H,22,26-29,31-32,34H2,1-11H3,(H,62,73)(H,63,75)(H,64,76)(H,65,78)(H,66,77)(H,67,74)/b13-12+/t37?,38-,43-,44-,45-,46-,49-,50-,52?/m0/s1. The summed E-state index contributed by atoms with van der Waals surface area (Å²) >= 11 is 0. The number of allylic oxidation sites excluding steroid dienone is 1. The molecular formula is C61H82N10O12. The molecule has 448 valence electrons. The van der Waals surface area contributed by atoms with Crippen molar-refractivity contribution in [1.82, 2.24) is 46.3 Å². The number of phenolic OH excluding ortho intramolecular Hbond substituents is 1. The van der Waals surface area contributed by atoms with E-state index in [4.69, 9.17) is 4.74 Å². The van der Waals surface area contributed by atoms with Crippen LogP contribution >= 0.6 is 0 Å². The third-order valence-corrected chi connectivity index (χ3v) is 15.5. The summed E-state index contributed by atoms with van der Waals surface area (Å²) in [4.78, 5) is 132. The molecule has 0 aliphatic carbocycles. The highest BCUT2D eigenvalue weighted by Crippen LogP contribution is 2.36. The van der Waals surface area contributed by atoms with E-state index >= 15 is 14.4 Å². The quantitative estimate of drug-likeness (QED) is 0.0309. The van der Waals surface area contributed by atoms with Gasteiger partial charge in [-0.05, 0) is 94.0 Å². The first-order valence-corrected chi connectivity index (χ1v) is 28.4. The van der Waals surface area contributed by atoms with Gasteiger partial charge in [-0.2, -0.15) is 0 Å². The third kappa shape index (κ3) is 16.5. The van der Waals surface area contributed by atoms with Crippen molar-refractivity contribution in [1.29, 1.82) is 0 Å². The minimum absolute atomic E-state index is 0.0413. The van der Waals surface area contributed by atoms with E-state index in [0.29, 0.717) is 12.2 Å². The van der Waals surface area contributed by atoms with E-state index in [1.807, 2.05) is 102 Å². The SMILES string of the molecule is C/C=C/C[C@@H]1NC(=O)[C@H](CC(C)C)NC(=O)[C@H](CC(C)C(=O)NCc2ccccc2)N(C)C(=O)[C@H](C)NC(=O)[C@H](Cc2ccc(O)c([N+](=O)[O-])c2)NC(=O)[C@H](CC(C)C)N(C)C(=O)[C@H](Cc2cn(C(C)(C)C3CO3)c3ccccc23)NC1=O. The van der Waals surface area contributed by atoms with Crippen LogP contribution in [-0.4, -0.2) is 141 Å². The number of rotatable bonds is 18. The van der Waals surface area contributed by atoms with Crippen molar-refractivity contribution < 1.29 is 53.1 Å². The Hall–Kier alpha value is -8.14. The first-order valence-electron chi connectivity index (χ1n) is 28.4. The summed E-state index contributed by atoms with van der Waals surface area (Å²) in [6, 6.07) is 10.5. The van der Waals surface area contributed by atoms with Gasteiger partial charge in [0.1, 0.15) is 48.4 Å². The predicted octanol–water partition coefficient (Wildman–Crippen LogP) is 4.69. The number of nitro groups is 1. The second-order valence-corrected chi connectivity index (χ2v) is 23.3. The summed E-state index contributed by atoms with van der Waals surface area (Å²) in [5.74, 6) is -7.97. The molecule has 1 aromatic heterocycles. The molecule has 22 nitrogen and oxygen atoms in total. The average Bonchev–Trinajstić information content (AvgIpc) is 4.22. The number of hydrogen-bond donors (Lipinski definition) is 7. The normalized spacial score (nSPS) is 23.3. The van der Waals surface area contributed by atoms with Gasteiger partial charge in [-0.15, -0.1) is 0 Å². The second-order valence-electron chi connectivity index (χ2n) is 23.3. The molecule has 2 saturated heterocycles. The zero-order valence-corrected chi connectivity index (χ0v) is 49.4. The van der Waals surface area contributed by atoms with Crippen LogP contribution in [0.15, 0.2) is 91.1 Å². The number of phenols is 1. The number of fused-ring (bicyclic) bond motifs is 1. The number of nitrogens with zero attached hydrogens (tertiary/aromatic N) is 4. The minimum atomic E-state index is -1.58. The van der Waals surface area contributed by atoms with E-state index in [0.717, 1.165) is 33.5 Å². The number of para-hydroxylation sites is 1. The lowest BCUT2D eigenvalue weighted by Crippen LogP contribution is -2.60. The van der Waals surface area contributed by atoms with Crippen molar-refractivity contribution in [3.8, 4) is 5.75 Å². The van der Waals surface area contributed by atoms with Crippen molar-refractivity contribution in [2.75, 3.05) is 20.7 Å². The fourth-order valence-electron chi connectivity index (χ4n) is 10.5. The maximum Gasteiger partial charge on any atom is 0.310 e. The maximum atomic E-state index is 15.5. The summed E-state index contributed by atoms with van der Waals surface area (Å²) in [7, 11) is 2.74. The topological polar surface area (TPSA) is 296 Å². The van der Waals surface area contributed by atoms with Crippen LogP contribution in [0.5, 0.6) is 5.75 Å². The number of nitro benzene ring substituents is 1. The van der Waals surface area contributed by atoms with Gasteiger partial charge in [-0.3, -0.25) is 48.5 Å². The molecule has 9 atom stereocenters. The molecule has 2 fully saturated rings. The molecule has 0 radical (unpaired) electrons. The fraction of sp³-hybridized carbons (Fsp3) is 0.508. The highest BCUT2D eigenvalue weighted by atomic mass is 16.6. The number of benzene rings is 3. The van der Waals surface area contributed by atoms with Crippen molar-refractivity contribution in [3.63, 3.8) is 0 Å². The van der Waals surface area contributed by atoms with Crippen LogP contribution in [0.4, 0.5) is 5.69 Å². The summed E-state index contributed by atoms with van der Waals surface area (Å²) in [5, 5.41) is 40.0. The first-order chi connectivity index (χ1) is 39.2. The largest absolute Gasteiger partial charge is 0.502 e. The Balaban J connectivity index is 1.48. The van der Waals surface area contributed by atoms with Gasteiger partial charge in [0, 0.05) is 62.6 Å². The Morgan fingerprint density at radius 2 is 1.30 bits per heavy atom. The zero-order chi connectivity index (χ0) is 61.0. The third-order valence-electron chi connectivity index (χ3n) is 15.5. The summed E-state index contributed by atoms with van der Waals surface area (Å²) in [6.07, 6.45) is 4.54. The van der Waals surface area contributed by atoms with Crippen molar-refractivity contribution in [2.24, 2.45) is 17.8 Å². The molecule has 22 heteroatoms. The summed E-state index contributed by atoms with van der Waals surface area (Å²) < 4.78 is 7.85. The molecule has 2 aliphatic rings. The minimum Gasteiger partial charge on any atom is -0.502 e. The number of amides is 8. The Morgan fingerprint density at radius 3 is 1.93 bits per heavy atom. The Morgan fingerprint density at radius 1 is 0.735 bits per heavy atom. The van der Waals surface area contributed by atoms with E-state index in [2.05, 4.69) is 36.5 Å². The molecule has 0 saturated carbocycles. The molecule has 3 aromatic carbocycles. The molecule has 7 N–H and O–H groups in total. The number of epoxide rings is 1. The van der Waals surface area contributed by atoms with Crippen LogP contribution < -0.4 is 31.9 Å². The van der Waals surface area contributed by atoms with Crippen LogP contribution in [0.2, 0.25) is 0 Å². The number of carbonyl (C=O) groups is 8. The van der Waals surface area contributed by atoms with E-state index in [1.165, 1.54) is 32.0 Å². The monoisotopic (exact) mass is 1150 g/mol. The van der Waals surface area contributed by atoms with Crippen LogP contribution in [0, 0.1) is 27.9 Å². The average molecular weight is 1150 g/mol. The number of carbonyl (C=O) groups excluding carboxylic acids is 8. The van der Waals surface area contributed by atoms with E-state index in [1.54, 1.807) is 26.0 Å². The Labute approximate surface area is 485 Å². The van der Waals surface area contributed by atoms with Crippen LogP contribution in [0.3, 0.4) is 0 Å². The number of nitrogens with one attached hydrogen (secondary N) is 6. The van der Waals surface area contributed by atoms with Gasteiger partial charge in [0.15, 0.2) is 5.75 Å². The number of aromatic nitrogens is 1. The Bertz CT molecular complexity index is 3050. The molecule has 2 unspecified atom stereocenters. The number of hydrogen-bond acceptors (Lipinski definition) is 12. The molecule has 83 heavy (non-hydrogen) atoms. The lowest BCUT2D eigenvalue weighted by molar-refractivity contribution is -0.385. The first kappa shape index (κ1) is 64.0. The van der Waals surface area contributed by atoms with Gasteiger partial charge in [-0.1, -0.05) is 101 Å². The number of ether oxygens (including phenoxy) is 1. The predicted molar refractivity (Wildman–Crippen MR) is 312 cm³/mol. The maximum absolute atomic E-state index is 15.5. The van der Waals surface area contributed by atoms with Gasteiger partial charge in [0.2, 0.25) is 47.3 Å². The van der Waals surface area contributed by atoms with Gasteiger partial charge < -0.3 is 56.1 Å². The van der Waals surface area contributed by atoms with Crippen molar-refractivity contribution in [3.05, 3.63) is 118 Å². The van der Waals surface area contributed by atoms with Crippen LogP contribution in [-0.2, 0) is 68.0 Å². The smallest absolute Gasteiger partial charge is 0.310 e. The van der Waals surface area contributed by atoms with Gasteiger partial charge >= 0.3 is 5.69 Å². The van der Waals surface area contributed by atoms with E-state index in [9.17, 15) is 39.2 Å². The molecule has 8 amide bonds. The molecule has 6 rings (SSSR count). The highest BCUT2D eigenvalue weighted by molar-refractivity contribution is 5.99. The Kier molecular flexibility index (Phi) is 21.8. The molecule has 2 aliphatic heterocycles. The van der Waals surface area contributed by atoms with E-state index in [-0.39, 0.29) is 62.2 Å². The van der Waals surface area contributed by atoms with Crippen molar-refractivity contribution in [2.45, 2.75) is 161 Å². The van der Waals surface area contributed by atoms with Crippen LogP contribution in [0.25, 0.3) is 10.9 Å². The summed E-state index contributed by atoms with van der Waals surface area (Å²) in [5.41, 5.74) is 1.29. The molecule has 4 aromatic rings.